The molecule has 3 heteroatoms. The molecule has 1 aliphatic rings. The van der Waals surface area contributed by atoms with E-state index in [0.29, 0.717) is 5.02 Å². The average molecular weight is 224 g/mol. The van der Waals surface area contributed by atoms with Crippen molar-refractivity contribution in [3.63, 3.8) is 0 Å². The van der Waals surface area contributed by atoms with E-state index in [1.54, 1.807) is 0 Å². The van der Waals surface area contributed by atoms with E-state index in [-0.39, 0.29) is 17.9 Å². The molecule has 1 N–H and O–H groups in total. The summed E-state index contributed by atoms with van der Waals surface area (Å²) in [6.45, 7) is 1.98. The Kier molecular flexibility index (Phi) is 2.96. The quantitative estimate of drug-likeness (QED) is 0.839. The van der Waals surface area contributed by atoms with Crippen LogP contribution < -0.4 is 5.32 Å². The molecular weight excluding hydrogens is 210 g/mol. The molecule has 2 rings (SSSR count). The summed E-state index contributed by atoms with van der Waals surface area (Å²) >= 11 is 5.89. The van der Waals surface area contributed by atoms with Crippen LogP contribution in [0.1, 0.15) is 31.4 Å². The molecule has 0 heterocycles. The topological polar surface area (TPSA) is 29.1 Å². The van der Waals surface area contributed by atoms with Crippen molar-refractivity contribution in [2.24, 2.45) is 5.92 Å². The predicted molar refractivity (Wildman–Crippen MR) is 60.7 cm³/mol. The zero-order valence-electron chi connectivity index (χ0n) is 8.66. The van der Waals surface area contributed by atoms with Crippen LogP contribution in [0, 0.1) is 5.92 Å². The number of hydrogen-bond acceptors (Lipinski definition) is 1. The van der Waals surface area contributed by atoms with Gasteiger partial charge in [0.1, 0.15) is 0 Å². The van der Waals surface area contributed by atoms with Crippen LogP contribution in [0.15, 0.2) is 24.3 Å². The molecule has 1 fully saturated rings. The van der Waals surface area contributed by atoms with Crippen LogP contribution in [0.2, 0.25) is 5.02 Å². The fraction of sp³-hybridized carbons (Fsp3) is 0.417. The highest BCUT2D eigenvalue weighted by Crippen LogP contribution is 2.29. The van der Waals surface area contributed by atoms with Crippen molar-refractivity contribution >= 4 is 17.5 Å². The van der Waals surface area contributed by atoms with E-state index >= 15 is 0 Å². The van der Waals surface area contributed by atoms with Crippen LogP contribution in [-0.4, -0.2) is 5.91 Å². The van der Waals surface area contributed by atoms with Crippen LogP contribution in [0.3, 0.4) is 0 Å². The molecule has 80 valence electrons. The number of benzene rings is 1. The summed E-state index contributed by atoms with van der Waals surface area (Å²) in [5.74, 6) is 0.425. The first-order valence-corrected chi connectivity index (χ1v) is 5.60. The lowest BCUT2D eigenvalue weighted by Crippen LogP contribution is -2.27. The summed E-state index contributed by atoms with van der Waals surface area (Å²) in [6, 6.07) is 7.64. The zero-order valence-corrected chi connectivity index (χ0v) is 9.42. The zero-order chi connectivity index (χ0) is 10.8. The number of halogens is 1. The maximum Gasteiger partial charge on any atom is 0.223 e. The highest BCUT2D eigenvalue weighted by Gasteiger charge is 2.30. The van der Waals surface area contributed by atoms with Gasteiger partial charge in [0, 0.05) is 10.9 Å². The Hall–Kier alpha value is -1.02. The van der Waals surface area contributed by atoms with E-state index in [4.69, 9.17) is 11.6 Å². The number of carbonyl (C=O) groups excluding carboxylic acids is 1. The van der Waals surface area contributed by atoms with E-state index in [9.17, 15) is 4.79 Å². The Bertz CT molecular complexity index is 374. The maximum atomic E-state index is 11.5. The van der Waals surface area contributed by atoms with Gasteiger partial charge in [-0.25, -0.2) is 0 Å². The van der Waals surface area contributed by atoms with Crippen molar-refractivity contribution in [1.82, 2.24) is 5.32 Å². The molecule has 1 amide bonds. The molecule has 1 unspecified atom stereocenters. The lowest BCUT2D eigenvalue weighted by atomic mass is 10.1. The Labute approximate surface area is 94.6 Å². The number of amides is 1. The minimum absolute atomic E-state index is 0.0387. The van der Waals surface area contributed by atoms with Gasteiger partial charge in [0.15, 0.2) is 0 Å². The number of hydrogen-bond donors (Lipinski definition) is 1. The van der Waals surface area contributed by atoms with Gasteiger partial charge in [-0.15, -0.1) is 0 Å². The van der Waals surface area contributed by atoms with Gasteiger partial charge in [-0.2, -0.15) is 0 Å². The molecule has 1 atom stereocenters. The van der Waals surface area contributed by atoms with Gasteiger partial charge < -0.3 is 5.32 Å². The van der Waals surface area contributed by atoms with Crippen molar-refractivity contribution < 1.29 is 4.79 Å². The molecule has 0 saturated heterocycles. The molecule has 1 aliphatic carbocycles. The van der Waals surface area contributed by atoms with Crippen LogP contribution in [0.4, 0.5) is 0 Å². The fourth-order valence-corrected chi connectivity index (χ4v) is 1.73. The number of carbonyl (C=O) groups is 1. The van der Waals surface area contributed by atoms with E-state index in [2.05, 4.69) is 5.32 Å². The smallest absolute Gasteiger partial charge is 0.223 e. The van der Waals surface area contributed by atoms with Gasteiger partial charge in [-0.1, -0.05) is 23.7 Å². The molecule has 1 aromatic rings. The Balaban J connectivity index is 2.00. The van der Waals surface area contributed by atoms with Gasteiger partial charge in [-0.3, -0.25) is 4.79 Å². The lowest BCUT2D eigenvalue weighted by Gasteiger charge is -2.14. The third-order valence-electron chi connectivity index (χ3n) is 2.66. The first-order valence-electron chi connectivity index (χ1n) is 5.22. The van der Waals surface area contributed by atoms with E-state index in [1.807, 2.05) is 31.2 Å². The molecule has 2 nitrogen and oxygen atoms in total. The van der Waals surface area contributed by atoms with E-state index < -0.39 is 0 Å². The second-order valence-corrected chi connectivity index (χ2v) is 4.50. The molecule has 0 bridgehead atoms. The van der Waals surface area contributed by atoms with Gasteiger partial charge >= 0.3 is 0 Å². The van der Waals surface area contributed by atoms with Crippen molar-refractivity contribution in [1.29, 1.82) is 0 Å². The maximum absolute atomic E-state index is 11.5. The van der Waals surface area contributed by atoms with Crippen LogP contribution >= 0.6 is 11.6 Å². The van der Waals surface area contributed by atoms with Crippen LogP contribution in [0.25, 0.3) is 0 Å². The van der Waals surface area contributed by atoms with Gasteiger partial charge in [0.25, 0.3) is 0 Å². The third kappa shape index (κ3) is 2.72. The van der Waals surface area contributed by atoms with Crippen LogP contribution in [0.5, 0.6) is 0 Å². The van der Waals surface area contributed by atoms with E-state index in [0.717, 1.165) is 18.4 Å². The highest BCUT2D eigenvalue weighted by atomic mass is 35.5. The van der Waals surface area contributed by atoms with Gasteiger partial charge in [0.05, 0.1) is 6.04 Å². The molecule has 0 spiro atoms. The predicted octanol–water partition coefficient (Wildman–Crippen LogP) is 2.93. The summed E-state index contributed by atoms with van der Waals surface area (Å²) in [5.41, 5.74) is 1.05. The summed E-state index contributed by atoms with van der Waals surface area (Å²) in [7, 11) is 0. The standard InChI is InChI=1S/C12H14ClNO/c1-8(14-12(15)9-5-6-9)10-3-2-4-11(13)7-10/h2-4,7-9H,5-6H2,1H3,(H,14,15). The molecule has 1 saturated carbocycles. The van der Waals surface area contributed by atoms with Gasteiger partial charge in [0.2, 0.25) is 5.91 Å². The van der Waals surface area contributed by atoms with Gasteiger partial charge in [-0.05, 0) is 37.5 Å². The van der Waals surface area contributed by atoms with Crippen LogP contribution in [-0.2, 0) is 4.79 Å². The third-order valence-corrected chi connectivity index (χ3v) is 2.89. The first kappa shape index (κ1) is 10.5. The molecule has 15 heavy (non-hydrogen) atoms. The highest BCUT2D eigenvalue weighted by molar-refractivity contribution is 6.30. The Morgan fingerprint density at radius 2 is 2.27 bits per heavy atom. The molecular formula is C12H14ClNO. The monoisotopic (exact) mass is 223 g/mol. The van der Waals surface area contributed by atoms with Crippen molar-refractivity contribution in [2.75, 3.05) is 0 Å². The summed E-state index contributed by atoms with van der Waals surface area (Å²) in [4.78, 5) is 11.5. The minimum atomic E-state index is 0.0387. The van der Waals surface area contributed by atoms with Crippen molar-refractivity contribution in [2.45, 2.75) is 25.8 Å². The Morgan fingerprint density at radius 3 is 2.87 bits per heavy atom. The molecule has 0 aromatic heterocycles. The molecule has 1 aromatic carbocycles. The minimum Gasteiger partial charge on any atom is -0.349 e. The summed E-state index contributed by atoms with van der Waals surface area (Å²) in [6.07, 6.45) is 2.07. The number of nitrogens with one attached hydrogen (secondary N) is 1. The fourth-order valence-electron chi connectivity index (χ4n) is 1.54. The Morgan fingerprint density at radius 1 is 1.53 bits per heavy atom. The average Bonchev–Trinajstić information content (AvgIpc) is 3.00. The van der Waals surface area contributed by atoms with E-state index in [1.165, 1.54) is 0 Å². The molecule has 0 aliphatic heterocycles. The normalized spacial score (nSPS) is 17.2. The molecule has 0 radical (unpaired) electrons. The second-order valence-electron chi connectivity index (χ2n) is 4.06. The summed E-state index contributed by atoms with van der Waals surface area (Å²) in [5, 5.41) is 3.70. The van der Waals surface area contributed by atoms with Crippen molar-refractivity contribution in [3.05, 3.63) is 34.9 Å². The largest absolute Gasteiger partial charge is 0.349 e. The first-order chi connectivity index (χ1) is 7.16. The second kappa shape index (κ2) is 4.23. The number of rotatable bonds is 3. The SMILES string of the molecule is CC(NC(=O)C1CC1)c1cccc(Cl)c1. The van der Waals surface area contributed by atoms with Crippen molar-refractivity contribution in [3.8, 4) is 0 Å². The lowest BCUT2D eigenvalue weighted by molar-refractivity contribution is -0.122. The summed E-state index contributed by atoms with van der Waals surface area (Å²) < 4.78 is 0.